The van der Waals surface area contributed by atoms with Crippen LogP contribution in [-0.2, 0) is 0 Å². The van der Waals surface area contributed by atoms with Gasteiger partial charge in [0.1, 0.15) is 0 Å². The van der Waals surface area contributed by atoms with Crippen LogP contribution in [0.5, 0.6) is 0 Å². The van der Waals surface area contributed by atoms with Crippen molar-refractivity contribution >= 4 is 5.71 Å². The Labute approximate surface area is 59.5 Å². The van der Waals surface area contributed by atoms with Gasteiger partial charge in [-0.1, -0.05) is 0 Å². The Morgan fingerprint density at radius 2 is 2.38 bits per heavy atom. The molecular weight excluding hydrogens is 213 g/mol. The molecule has 0 fully saturated rings. The summed E-state index contributed by atoms with van der Waals surface area (Å²) >= 11 is 0.184. The van der Waals surface area contributed by atoms with Crippen molar-refractivity contribution in [1.29, 1.82) is 0 Å². The number of allylic oxidation sites excluding steroid dienone is 1. The molecule has 0 aromatic carbocycles. The monoisotopic (exact) mass is 220 g/mol. The predicted octanol–water partition coefficient (Wildman–Crippen LogP) is -1.47. The quantitative estimate of drug-likeness (QED) is 0.442. The second kappa shape index (κ2) is 3.02. The van der Waals surface area contributed by atoms with Crippen LogP contribution in [0.25, 0.3) is 0 Å². The average Bonchev–Trinajstić information content (AvgIpc) is 1.94. The topological polar surface area (TPSA) is 12.4 Å². The summed E-state index contributed by atoms with van der Waals surface area (Å²) in [5.41, 5.74) is 1.11. The third-order valence-corrected chi connectivity index (χ3v) is 2.30. The van der Waals surface area contributed by atoms with E-state index in [1.54, 1.807) is 0 Å². The zero-order chi connectivity index (χ0) is 5.82. The second-order valence-electron chi connectivity index (χ2n) is 1.46. The molecule has 0 N–H and O–H groups in total. The Hall–Kier alpha value is -0.120. The number of hydrogen-bond donors (Lipinski definition) is 0. The minimum atomic E-state index is 0.184. The van der Waals surface area contributed by atoms with Gasteiger partial charge in [0.2, 0.25) is 0 Å². The van der Waals surface area contributed by atoms with E-state index in [0.717, 1.165) is 5.71 Å². The fraction of sp³-hybridized carbons (Fsp3) is 0.167. The zero-order valence-corrected chi connectivity index (χ0v) is 6.79. The molecule has 1 heterocycles. The van der Waals surface area contributed by atoms with E-state index in [0.29, 0.717) is 0 Å². The first-order valence-electron chi connectivity index (χ1n) is 2.37. The first-order valence-corrected chi connectivity index (χ1v) is 4.86. The molecule has 1 rings (SSSR count). The summed E-state index contributed by atoms with van der Waals surface area (Å²) < 4.78 is 4.35. The molecule has 0 spiro atoms. The van der Waals surface area contributed by atoms with E-state index in [1.165, 1.54) is 0 Å². The van der Waals surface area contributed by atoms with Gasteiger partial charge in [0, 0.05) is 0 Å². The van der Waals surface area contributed by atoms with Crippen LogP contribution in [0.15, 0.2) is 25.4 Å². The molecule has 0 amide bonds. The van der Waals surface area contributed by atoms with E-state index >= 15 is 0 Å². The number of hydrogen-bond acceptors (Lipinski definition) is 1. The van der Waals surface area contributed by atoms with Crippen molar-refractivity contribution < 1.29 is 21.2 Å². The zero-order valence-electron chi connectivity index (χ0n) is 4.63. The molecule has 1 aliphatic rings. The Morgan fingerprint density at radius 3 is 3.25 bits per heavy atom. The SMILES string of the molecule is CC1=NC=C[I-]C=C1. The van der Waals surface area contributed by atoms with Gasteiger partial charge in [0.25, 0.3) is 0 Å². The predicted molar refractivity (Wildman–Crippen MR) is 31.4 cm³/mol. The van der Waals surface area contributed by atoms with Crippen LogP contribution in [0.1, 0.15) is 6.92 Å². The van der Waals surface area contributed by atoms with Gasteiger partial charge in [-0.2, -0.15) is 0 Å². The fourth-order valence-electron chi connectivity index (χ4n) is 0.391. The van der Waals surface area contributed by atoms with Crippen molar-refractivity contribution in [2.75, 3.05) is 0 Å². The van der Waals surface area contributed by atoms with Gasteiger partial charge < -0.3 is 0 Å². The van der Waals surface area contributed by atoms with Crippen molar-refractivity contribution in [2.45, 2.75) is 6.92 Å². The summed E-state index contributed by atoms with van der Waals surface area (Å²) in [5.74, 6) is 0. The Bertz CT molecular complexity index is 156. The Balaban J connectivity index is 2.73. The van der Waals surface area contributed by atoms with Crippen LogP contribution < -0.4 is 21.2 Å². The molecule has 0 saturated heterocycles. The first kappa shape index (κ1) is 6.01. The normalized spacial score (nSPS) is 18.9. The molecule has 8 heavy (non-hydrogen) atoms. The summed E-state index contributed by atoms with van der Waals surface area (Å²) in [6, 6.07) is 0. The molecule has 0 aromatic rings. The maximum absolute atomic E-state index is 4.10. The molecule has 1 nitrogen and oxygen atoms in total. The molecule has 1 aliphatic heterocycles. The van der Waals surface area contributed by atoms with Crippen LogP contribution in [0, 0.1) is 0 Å². The van der Waals surface area contributed by atoms with Crippen molar-refractivity contribution in [3.63, 3.8) is 0 Å². The van der Waals surface area contributed by atoms with Gasteiger partial charge in [0.15, 0.2) is 0 Å². The van der Waals surface area contributed by atoms with Gasteiger partial charge in [0.05, 0.1) is 0 Å². The molecular formula is C6H7IN-. The van der Waals surface area contributed by atoms with Crippen molar-refractivity contribution in [3.8, 4) is 0 Å². The van der Waals surface area contributed by atoms with Crippen LogP contribution >= 0.6 is 0 Å². The van der Waals surface area contributed by atoms with E-state index in [1.807, 2.05) is 13.1 Å². The molecule has 2 heteroatoms. The summed E-state index contributed by atoms with van der Waals surface area (Å²) in [4.78, 5) is 4.10. The number of rotatable bonds is 0. The average molecular weight is 220 g/mol. The van der Waals surface area contributed by atoms with Gasteiger partial charge in [-0.05, 0) is 0 Å². The molecule has 0 bridgehead atoms. The molecule has 0 atom stereocenters. The standard InChI is InChI=1S/C6H7IN/c1-6-2-3-7-4-5-8-6/h2-5H,1H3/q-1. The van der Waals surface area contributed by atoms with Gasteiger partial charge in [-0.15, -0.1) is 0 Å². The second-order valence-corrected chi connectivity index (χ2v) is 3.62. The molecule has 0 radical (unpaired) electrons. The van der Waals surface area contributed by atoms with Crippen LogP contribution in [0.3, 0.4) is 0 Å². The van der Waals surface area contributed by atoms with Gasteiger partial charge in [-0.25, -0.2) is 0 Å². The van der Waals surface area contributed by atoms with Crippen molar-refractivity contribution in [2.24, 2.45) is 4.99 Å². The van der Waals surface area contributed by atoms with Crippen LogP contribution in [0.4, 0.5) is 0 Å². The molecule has 44 valence electrons. The van der Waals surface area contributed by atoms with E-state index < -0.39 is 0 Å². The van der Waals surface area contributed by atoms with E-state index in [9.17, 15) is 0 Å². The third-order valence-electron chi connectivity index (χ3n) is 0.784. The maximum atomic E-state index is 4.10. The Kier molecular flexibility index (Phi) is 2.27. The summed E-state index contributed by atoms with van der Waals surface area (Å²) in [6.45, 7) is 2.01. The van der Waals surface area contributed by atoms with Gasteiger partial charge >= 0.3 is 59.3 Å². The number of aliphatic imine (C=N–C) groups is 1. The Morgan fingerprint density at radius 1 is 1.50 bits per heavy atom. The molecule has 0 aliphatic carbocycles. The van der Waals surface area contributed by atoms with Crippen LogP contribution in [0.2, 0.25) is 0 Å². The summed E-state index contributed by atoms with van der Waals surface area (Å²) in [7, 11) is 0. The van der Waals surface area contributed by atoms with Gasteiger partial charge in [-0.3, -0.25) is 0 Å². The van der Waals surface area contributed by atoms with E-state index in [2.05, 4.69) is 19.2 Å². The third kappa shape index (κ3) is 1.78. The molecule has 0 aromatic heterocycles. The van der Waals surface area contributed by atoms with Crippen LogP contribution in [-0.4, -0.2) is 5.71 Å². The molecule has 0 unspecified atom stereocenters. The van der Waals surface area contributed by atoms with Crippen molar-refractivity contribution in [1.82, 2.24) is 0 Å². The first-order chi connectivity index (χ1) is 3.89. The minimum absolute atomic E-state index is 0.184. The van der Waals surface area contributed by atoms with E-state index in [-0.39, 0.29) is 21.2 Å². The number of nitrogens with zero attached hydrogens (tertiary/aromatic N) is 1. The van der Waals surface area contributed by atoms with Crippen molar-refractivity contribution in [3.05, 3.63) is 20.4 Å². The summed E-state index contributed by atoms with van der Waals surface area (Å²) in [5, 5.41) is 0. The fourth-order valence-corrected chi connectivity index (χ4v) is 1.71. The number of halogens is 1. The molecule has 0 saturated carbocycles. The summed E-state index contributed by atoms with van der Waals surface area (Å²) in [6.07, 6.45) is 3.97. The van der Waals surface area contributed by atoms with E-state index in [4.69, 9.17) is 0 Å².